The summed E-state index contributed by atoms with van der Waals surface area (Å²) in [4.78, 5) is 10.3. The first kappa shape index (κ1) is 15.5. The van der Waals surface area contributed by atoms with Crippen LogP contribution in [0, 0.1) is 10.1 Å². The number of anilines is 1. The molecule has 7 nitrogen and oxygen atoms in total. The van der Waals surface area contributed by atoms with Gasteiger partial charge in [0.25, 0.3) is 15.7 Å². The molecule has 8 heteroatoms. The number of phenolic OH excluding ortho intramolecular Hbond substituents is 1. The number of nitro groups is 1. The van der Waals surface area contributed by atoms with Crippen LogP contribution in [0.25, 0.3) is 6.08 Å². The maximum Gasteiger partial charge on any atom is 0.276 e. The van der Waals surface area contributed by atoms with Crippen LogP contribution in [0.15, 0.2) is 53.9 Å². The van der Waals surface area contributed by atoms with Crippen molar-refractivity contribution in [3.05, 3.63) is 69.6 Å². The molecule has 0 saturated heterocycles. The van der Waals surface area contributed by atoms with Gasteiger partial charge in [-0.2, -0.15) is 0 Å². The molecule has 0 fully saturated rings. The lowest BCUT2D eigenvalue weighted by molar-refractivity contribution is -0.385. The van der Waals surface area contributed by atoms with Gasteiger partial charge in [0.2, 0.25) is 0 Å². The van der Waals surface area contributed by atoms with E-state index < -0.39 is 14.9 Å². The zero-order chi connectivity index (χ0) is 16.2. The molecule has 0 aromatic heterocycles. The minimum absolute atomic E-state index is 0.0807. The maximum absolute atomic E-state index is 11.9. The second kappa shape index (κ2) is 6.27. The fraction of sp³-hybridized carbons (Fsp3) is 0. The number of nitrogens with one attached hydrogen (secondary N) is 1. The van der Waals surface area contributed by atoms with E-state index in [0.717, 1.165) is 11.5 Å². The highest BCUT2D eigenvalue weighted by Crippen LogP contribution is 2.20. The molecule has 0 aliphatic carbocycles. The summed E-state index contributed by atoms with van der Waals surface area (Å²) in [5, 5.41) is 21.0. The second-order valence-corrected chi connectivity index (χ2v) is 5.88. The van der Waals surface area contributed by atoms with E-state index in [4.69, 9.17) is 0 Å². The summed E-state index contributed by atoms with van der Waals surface area (Å²) in [5.74, 6) is -0.0807. The highest BCUT2D eigenvalue weighted by molar-refractivity contribution is 7.95. The number of rotatable bonds is 5. The van der Waals surface area contributed by atoms with Gasteiger partial charge < -0.3 is 5.11 Å². The Bertz CT molecular complexity index is 831. The largest absolute Gasteiger partial charge is 0.508 e. The van der Waals surface area contributed by atoms with Crippen molar-refractivity contribution < 1.29 is 18.4 Å². The standard InChI is InChI=1S/C14H12N2O5S/c17-13-6-3-5-12(10-13)15-22(20,21)9-8-11-4-1-2-7-14(11)16(18)19/h1-10,15,17H. The fourth-order valence-corrected chi connectivity index (χ4v) is 2.57. The molecule has 22 heavy (non-hydrogen) atoms. The molecular formula is C14H12N2O5S. The Labute approximate surface area is 126 Å². The monoisotopic (exact) mass is 320 g/mol. The minimum Gasteiger partial charge on any atom is -0.508 e. The van der Waals surface area contributed by atoms with Gasteiger partial charge in [0.1, 0.15) is 5.75 Å². The number of nitro benzene ring substituents is 1. The molecule has 0 aliphatic rings. The molecule has 0 atom stereocenters. The molecule has 0 spiro atoms. The van der Waals surface area contributed by atoms with Crippen molar-refractivity contribution >= 4 is 27.5 Å². The van der Waals surface area contributed by atoms with Crippen molar-refractivity contribution in [1.29, 1.82) is 0 Å². The number of benzene rings is 2. The molecule has 0 aliphatic heterocycles. The lowest BCUT2D eigenvalue weighted by atomic mass is 10.2. The number of nitrogens with zero attached hydrogens (tertiary/aromatic N) is 1. The van der Waals surface area contributed by atoms with Crippen molar-refractivity contribution in [2.45, 2.75) is 0 Å². The van der Waals surface area contributed by atoms with Gasteiger partial charge in [-0.15, -0.1) is 0 Å². The number of para-hydroxylation sites is 1. The van der Waals surface area contributed by atoms with Crippen LogP contribution in [0.5, 0.6) is 5.75 Å². The van der Waals surface area contributed by atoms with Crippen LogP contribution in [0.3, 0.4) is 0 Å². The SMILES string of the molecule is O=[N+]([O-])c1ccccc1C=CS(=O)(=O)Nc1cccc(O)c1. The molecule has 0 amide bonds. The van der Waals surface area contributed by atoms with Crippen LogP contribution in [-0.2, 0) is 10.0 Å². The van der Waals surface area contributed by atoms with Crippen LogP contribution in [0.1, 0.15) is 5.56 Å². The number of aromatic hydroxyl groups is 1. The summed E-state index contributed by atoms with van der Waals surface area (Å²) in [6.45, 7) is 0. The molecule has 2 rings (SSSR count). The zero-order valence-electron chi connectivity index (χ0n) is 11.2. The van der Waals surface area contributed by atoms with Crippen LogP contribution < -0.4 is 4.72 Å². The summed E-state index contributed by atoms with van der Waals surface area (Å²) >= 11 is 0. The molecule has 0 radical (unpaired) electrons. The number of sulfonamides is 1. The van der Waals surface area contributed by atoms with E-state index in [1.54, 1.807) is 6.07 Å². The van der Waals surface area contributed by atoms with Crippen molar-refractivity contribution in [3.63, 3.8) is 0 Å². The molecule has 2 aromatic rings. The lowest BCUT2D eigenvalue weighted by Crippen LogP contribution is -2.08. The first-order chi connectivity index (χ1) is 10.4. The van der Waals surface area contributed by atoms with Crippen molar-refractivity contribution in [2.24, 2.45) is 0 Å². The van der Waals surface area contributed by atoms with E-state index in [1.807, 2.05) is 0 Å². The summed E-state index contributed by atoms with van der Waals surface area (Å²) < 4.78 is 26.1. The zero-order valence-corrected chi connectivity index (χ0v) is 12.0. The molecule has 0 saturated carbocycles. The van der Waals surface area contributed by atoms with E-state index in [-0.39, 0.29) is 22.7 Å². The smallest absolute Gasteiger partial charge is 0.276 e. The highest BCUT2D eigenvalue weighted by atomic mass is 32.2. The molecular weight excluding hydrogens is 308 g/mol. The summed E-state index contributed by atoms with van der Waals surface area (Å²) in [6, 6.07) is 11.4. The summed E-state index contributed by atoms with van der Waals surface area (Å²) in [6.07, 6.45) is 1.14. The molecule has 0 unspecified atom stereocenters. The number of phenols is 1. The Morgan fingerprint density at radius 1 is 1.14 bits per heavy atom. The van der Waals surface area contributed by atoms with E-state index in [0.29, 0.717) is 0 Å². The van der Waals surface area contributed by atoms with Gasteiger partial charge in [-0.1, -0.05) is 18.2 Å². The van der Waals surface area contributed by atoms with Gasteiger partial charge in [-0.05, 0) is 24.3 Å². The van der Waals surface area contributed by atoms with Crippen LogP contribution in [0.4, 0.5) is 11.4 Å². The Kier molecular flexibility index (Phi) is 4.42. The predicted molar refractivity (Wildman–Crippen MR) is 82.8 cm³/mol. The Balaban J connectivity index is 2.24. The van der Waals surface area contributed by atoms with E-state index >= 15 is 0 Å². The van der Waals surface area contributed by atoms with Gasteiger partial charge in [-0.25, -0.2) is 8.42 Å². The van der Waals surface area contributed by atoms with E-state index in [9.17, 15) is 23.6 Å². The van der Waals surface area contributed by atoms with Gasteiger partial charge >= 0.3 is 0 Å². The quantitative estimate of drug-likeness (QED) is 0.650. The second-order valence-electron chi connectivity index (χ2n) is 4.32. The fourth-order valence-electron chi connectivity index (χ4n) is 1.73. The molecule has 114 valence electrons. The predicted octanol–water partition coefficient (Wildman–Crippen LogP) is 2.71. The first-order valence-electron chi connectivity index (χ1n) is 6.11. The van der Waals surface area contributed by atoms with E-state index in [1.165, 1.54) is 42.5 Å². The van der Waals surface area contributed by atoms with Gasteiger partial charge in [0.05, 0.1) is 21.6 Å². The Hall–Kier alpha value is -2.87. The van der Waals surface area contributed by atoms with Crippen LogP contribution in [-0.4, -0.2) is 18.4 Å². The Morgan fingerprint density at radius 2 is 1.86 bits per heavy atom. The average Bonchev–Trinajstić information content (AvgIpc) is 2.45. The maximum atomic E-state index is 11.9. The first-order valence-corrected chi connectivity index (χ1v) is 7.65. The Morgan fingerprint density at radius 3 is 2.55 bits per heavy atom. The van der Waals surface area contributed by atoms with Gasteiger partial charge in [-0.3, -0.25) is 14.8 Å². The minimum atomic E-state index is -3.86. The highest BCUT2D eigenvalue weighted by Gasteiger charge is 2.11. The molecule has 0 heterocycles. The molecule has 0 bridgehead atoms. The normalized spacial score (nSPS) is 11.5. The van der Waals surface area contributed by atoms with Gasteiger partial charge in [0, 0.05) is 12.1 Å². The summed E-state index contributed by atoms with van der Waals surface area (Å²) in [7, 11) is -3.86. The third-order valence-corrected chi connectivity index (χ3v) is 3.68. The number of hydrogen-bond donors (Lipinski definition) is 2. The summed E-state index contributed by atoms with van der Waals surface area (Å²) in [5.41, 5.74) is 0.173. The third kappa shape index (κ3) is 4.06. The van der Waals surface area contributed by atoms with E-state index in [2.05, 4.69) is 4.72 Å². The number of hydrogen-bond acceptors (Lipinski definition) is 5. The van der Waals surface area contributed by atoms with Crippen molar-refractivity contribution in [2.75, 3.05) is 4.72 Å². The van der Waals surface area contributed by atoms with Gasteiger partial charge in [0.15, 0.2) is 0 Å². The van der Waals surface area contributed by atoms with Crippen molar-refractivity contribution in [1.82, 2.24) is 0 Å². The van der Waals surface area contributed by atoms with Crippen LogP contribution >= 0.6 is 0 Å². The average molecular weight is 320 g/mol. The van der Waals surface area contributed by atoms with Crippen molar-refractivity contribution in [3.8, 4) is 5.75 Å². The third-order valence-electron chi connectivity index (χ3n) is 2.67. The molecule has 2 aromatic carbocycles. The van der Waals surface area contributed by atoms with Crippen LogP contribution in [0.2, 0.25) is 0 Å². The lowest BCUT2D eigenvalue weighted by Gasteiger charge is -2.04. The molecule has 2 N–H and O–H groups in total. The topological polar surface area (TPSA) is 110 Å².